The molecule has 0 saturated carbocycles. The van der Waals surface area contributed by atoms with Gasteiger partial charge >= 0.3 is 6.18 Å². The third kappa shape index (κ3) is 3.42. The second-order valence-electron chi connectivity index (χ2n) is 4.92. The summed E-state index contributed by atoms with van der Waals surface area (Å²) in [6, 6.07) is 14.3. The maximum atomic E-state index is 12.6. The van der Waals surface area contributed by atoms with E-state index in [1.807, 2.05) is 37.3 Å². The van der Waals surface area contributed by atoms with Crippen LogP contribution in [0, 0.1) is 0 Å². The van der Waals surface area contributed by atoms with Crippen LogP contribution in [0.4, 0.5) is 13.2 Å². The third-order valence-electron chi connectivity index (χ3n) is 3.62. The molecular formula is C17H18F3NO. The minimum atomic E-state index is -4.34. The Hall–Kier alpha value is -2.01. The van der Waals surface area contributed by atoms with E-state index in [0.29, 0.717) is 12.2 Å². The van der Waals surface area contributed by atoms with Gasteiger partial charge < -0.3 is 4.74 Å². The standard InChI is InChI=1S/C17H18F3NO/c1-3-16(21-2,13-7-5-4-6-8-13)22-15-11-9-14(10-12-15)17(18,19)20/h4-12,21H,3H2,1-2H3. The number of alkyl halides is 3. The second kappa shape index (κ2) is 6.40. The van der Waals surface area contributed by atoms with Crippen LogP contribution in [0.2, 0.25) is 0 Å². The molecule has 118 valence electrons. The zero-order chi connectivity index (χ0) is 16.2. The fourth-order valence-corrected chi connectivity index (χ4v) is 2.33. The summed E-state index contributed by atoms with van der Waals surface area (Å²) in [6.07, 6.45) is -3.72. The Bertz CT molecular complexity index is 590. The molecule has 1 atom stereocenters. The minimum absolute atomic E-state index is 0.382. The predicted molar refractivity (Wildman–Crippen MR) is 79.5 cm³/mol. The van der Waals surface area contributed by atoms with Gasteiger partial charge in [0, 0.05) is 12.0 Å². The molecule has 0 aliphatic heterocycles. The van der Waals surface area contributed by atoms with Gasteiger partial charge in [-0.2, -0.15) is 13.2 Å². The molecule has 0 radical (unpaired) electrons. The molecule has 2 aromatic carbocycles. The van der Waals surface area contributed by atoms with E-state index in [1.54, 1.807) is 7.05 Å². The highest BCUT2D eigenvalue weighted by Crippen LogP contribution is 2.33. The van der Waals surface area contributed by atoms with Crippen molar-refractivity contribution in [3.63, 3.8) is 0 Å². The monoisotopic (exact) mass is 309 g/mol. The van der Waals surface area contributed by atoms with Gasteiger partial charge in [0.1, 0.15) is 5.75 Å². The van der Waals surface area contributed by atoms with E-state index in [4.69, 9.17) is 4.74 Å². The summed E-state index contributed by atoms with van der Waals surface area (Å²) in [4.78, 5) is 0. The van der Waals surface area contributed by atoms with Crippen molar-refractivity contribution in [2.24, 2.45) is 0 Å². The Labute approximate surface area is 127 Å². The molecule has 0 aromatic heterocycles. The predicted octanol–water partition coefficient (Wildman–Crippen LogP) is 4.57. The van der Waals surface area contributed by atoms with Crippen molar-refractivity contribution in [3.05, 3.63) is 65.7 Å². The van der Waals surface area contributed by atoms with Crippen LogP contribution in [0.25, 0.3) is 0 Å². The first kappa shape index (κ1) is 16.4. The van der Waals surface area contributed by atoms with Crippen LogP contribution in [0.3, 0.4) is 0 Å². The van der Waals surface area contributed by atoms with Gasteiger partial charge in [0.2, 0.25) is 0 Å². The van der Waals surface area contributed by atoms with Gasteiger partial charge in [0.05, 0.1) is 5.56 Å². The van der Waals surface area contributed by atoms with Crippen molar-refractivity contribution >= 4 is 0 Å². The normalized spacial score (nSPS) is 14.4. The highest BCUT2D eigenvalue weighted by molar-refractivity contribution is 5.31. The molecule has 0 aliphatic rings. The third-order valence-corrected chi connectivity index (χ3v) is 3.62. The van der Waals surface area contributed by atoms with Gasteiger partial charge in [0.25, 0.3) is 0 Å². The molecule has 0 aliphatic carbocycles. The first-order valence-electron chi connectivity index (χ1n) is 7.02. The van der Waals surface area contributed by atoms with Crippen LogP contribution in [0.5, 0.6) is 5.75 Å². The number of halogens is 3. The molecule has 2 rings (SSSR count). The summed E-state index contributed by atoms with van der Waals surface area (Å²) >= 11 is 0. The minimum Gasteiger partial charge on any atom is -0.469 e. The van der Waals surface area contributed by atoms with Crippen LogP contribution in [-0.4, -0.2) is 7.05 Å². The van der Waals surface area contributed by atoms with Crippen LogP contribution >= 0.6 is 0 Å². The fourth-order valence-electron chi connectivity index (χ4n) is 2.33. The summed E-state index contributed by atoms with van der Waals surface area (Å²) in [5.74, 6) is 0.382. The van der Waals surface area contributed by atoms with Crippen LogP contribution in [-0.2, 0) is 11.9 Å². The maximum absolute atomic E-state index is 12.6. The van der Waals surface area contributed by atoms with Crippen molar-refractivity contribution in [2.45, 2.75) is 25.2 Å². The lowest BCUT2D eigenvalue weighted by Gasteiger charge is -2.34. The van der Waals surface area contributed by atoms with Crippen LogP contribution < -0.4 is 10.1 Å². The first-order chi connectivity index (χ1) is 10.4. The quantitative estimate of drug-likeness (QED) is 0.817. The molecule has 22 heavy (non-hydrogen) atoms. The van der Waals surface area contributed by atoms with E-state index in [2.05, 4.69) is 5.32 Å². The van der Waals surface area contributed by atoms with E-state index in [-0.39, 0.29) is 0 Å². The van der Waals surface area contributed by atoms with Gasteiger partial charge in [0.15, 0.2) is 5.72 Å². The lowest BCUT2D eigenvalue weighted by atomic mass is 10.00. The summed E-state index contributed by atoms with van der Waals surface area (Å²) in [5, 5.41) is 3.13. The summed E-state index contributed by atoms with van der Waals surface area (Å²) in [5.41, 5.74) is -0.549. The molecule has 0 spiro atoms. The van der Waals surface area contributed by atoms with Crippen molar-refractivity contribution in [2.75, 3.05) is 7.05 Å². The zero-order valence-corrected chi connectivity index (χ0v) is 12.4. The van der Waals surface area contributed by atoms with Crippen molar-refractivity contribution in [3.8, 4) is 5.75 Å². The topological polar surface area (TPSA) is 21.3 Å². The van der Waals surface area contributed by atoms with Gasteiger partial charge in [-0.1, -0.05) is 37.3 Å². The van der Waals surface area contributed by atoms with Crippen molar-refractivity contribution < 1.29 is 17.9 Å². The molecule has 2 aromatic rings. The molecule has 5 heteroatoms. The van der Waals surface area contributed by atoms with Crippen LogP contribution in [0.15, 0.2) is 54.6 Å². The van der Waals surface area contributed by atoms with E-state index in [0.717, 1.165) is 17.7 Å². The van der Waals surface area contributed by atoms with Crippen LogP contribution in [0.1, 0.15) is 24.5 Å². The average Bonchev–Trinajstić information content (AvgIpc) is 2.53. The molecular weight excluding hydrogens is 291 g/mol. The molecule has 0 bridgehead atoms. The Morgan fingerprint density at radius 2 is 1.50 bits per heavy atom. The number of hydrogen-bond acceptors (Lipinski definition) is 2. The fraction of sp³-hybridized carbons (Fsp3) is 0.294. The van der Waals surface area contributed by atoms with Gasteiger partial charge in [-0.25, -0.2) is 0 Å². The Morgan fingerprint density at radius 3 is 1.95 bits per heavy atom. The average molecular weight is 309 g/mol. The number of ether oxygens (including phenoxy) is 1. The van der Waals surface area contributed by atoms with E-state index in [9.17, 15) is 13.2 Å². The molecule has 0 fully saturated rings. The lowest BCUT2D eigenvalue weighted by molar-refractivity contribution is -0.137. The molecule has 0 saturated heterocycles. The highest BCUT2D eigenvalue weighted by Gasteiger charge is 2.32. The SMILES string of the molecule is CCC(NC)(Oc1ccc(C(F)(F)F)cc1)c1ccccc1. The summed E-state index contributed by atoms with van der Waals surface area (Å²) in [7, 11) is 1.76. The summed E-state index contributed by atoms with van der Waals surface area (Å²) in [6.45, 7) is 1.95. The van der Waals surface area contributed by atoms with E-state index >= 15 is 0 Å². The van der Waals surface area contributed by atoms with E-state index < -0.39 is 17.5 Å². The number of nitrogens with one attached hydrogen (secondary N) is 1. The lowest BCUT2D eigenvalue weighted by Crippen LogP contribution is -2.45. The van der Waals surface area contributed by atoms with E-state index in [1.165, 1.54) is 12.1 Å². The molecule has 1 N–H and O–H groups in total. The highest BCUT2D eigenvalue weighted by atomic mass is 19.4. The molecule has 2 nitrogen and oxygen atoms in total. The smallest absolute Gasteiger partial charge is 0.416 e. The number of benzene rings is 2. The zero-order valence-electron chi connectivity index (χ0n) is 12.4. The van der Waals surface area contributed by atoms with Crippen molar-refractivity contribution in [1.29, 1.82) is 0 Å². The van der Waals surface area contributed by atoms with Gasteiger partial charge in [-0.3, -0.25) is 5.32 Å². The Morgan fingerprint density at radius 1 is 0.909 bits per heavy atom. The Kier molecular flexibility index (Phi) is 4.76. The van der Waals surface area contributed by atoms with Crippen molar-refractivity contribution in [1.82, 2.24) is 5.32 Å². The molecule has 0 amide bonds. The van der Waals surface area contributed by atoms with Gasteiger partial charge in [-0.05, 0) is 31.3 Å². The summed E-state index contributed by atoms with van der Waals surface area (Å²) < 4.78 is 43.8. The largest absolute Gasteiger partial charge is 0.469 e. The first-order valence-corrected chi connectivity index (χ1v) is 7.02. The number of hydrogen-bond donors (Lipinski definition) is 1. The molecule has 1 unspecified atom stereocenters. The number of rotatable bonds is 5. The molecule has 0 heterocycles. The second-order valence-corrected chi connectivity index (χ2v) is 4.92. The maximum Gasteiger partial charge on any atom is 0.416 e. The Balaban J connectivity index is 2.29. The van der Waals surface area contributed by atoms with Gasteiger partial charge in [-0.15, -0.1) is 0 Å².